The van der Waals surface area contributed by atoms with Gasteiger partial charge in [0.05, 0.1) is 11.7 Å². The first-order valence-electron chi connectivity index (χ1n) is 13.1. The molecule has 0 aliphatic carbocycles. The Morgan fingerprint density at radius 1 is 1.08 bits per heavy atom. The predicted molar refractivity (Wildman–Crippen MR) is 145 cm³/mol. The number of carbonyl (C=O) groups excluding carboxylic acids is 1. The lowest BCUT2D eigenvalue weighted by molar-refractivity contribution is -0.271. The monoisotopic (exact) mass is 523 g/mol. The largest absolute Gasteiger partial charge is 0.462 e. The minimum Gasteiger partial charge on any atom is -0.462 e. The van der Waals surface area contributed by atoms with E-state index in [1.165, 1.54) is 19.1 Å². The van der Waals surface area contributed by atoms with Gasteiger partial charge in [-0.2, -0.15) is 0 Å². The fraction of sp³-hybridized carbons (Fsp3) is 0.452. The maximum absolute atomic E-state index is 14.1. The third kappa shape index (κ3) is 6.01. The highest BCUT2D eigenvalue weighted by atomic mass is 19.1. The van der Waals surface area contributed by atoms with Gasteiger partial charge in [-0.25, -0.2) is 4.39 Å². The van der Waals surface area contributed by atoms with Crippen LogP contribution in [0.2, 0.25) is 0 Å². The number of rotatable bonds is 10. The molecule has 38 heavy (non-hydrogen) atoms. The van der Waals surface area contributed by atoms with Gasteiger partial charge in [-0.1, -0.05) is 37.3 Å². The lowest BCUT2D eigenvalue weighted by atomic mass is 9.75. The highest BCUT2D eigenvalue weighted by Gasteiger charge is 2.59. The van der Waals surface area contributed by atoms with E-state index in [1.807, 2.05) is 50.3 Å². The second-order valence-corrected chi connectivity index (χ2v) is 10.6. The Kier molecular flexibility index (Phi) is 8.40. The molecular weight excluding hydrogens is 485 g/mol. The second kappa shape index (κ2) is 11.4. The van der Waals surface area contributed by atoms with Crippen LogP contribution in [-0.2, 0) is 25.4 Å². The molecule has 4 rings (SSSR count). The van der Waals surface area contributed by atoms with Gasteiger partial charge in [0.25, 0.3) is 0 Å². The Morgan fingerprint density at radius 3 is 2.45 bits per heavy atom. The summed E-state index contributed by atoms with van der Waals surface area (Å²) in [5, 5.41) is 2.82. The fourth-order valence-electron chi connectivity index (χ4n) is 5.53. The van der Waals surface area contributed by atoms with E-state index < -0.39 is 23.8 Å². The van der Waals surface area contributed by atoms with Crippen molar-refractivity contribution in [3.63, 3.8) is 0 Å². The van der Waals surface area contributed by atoms with Gasteiger partial charge in [-0.05, 0) is 74.1 Å². The van der Waals surface area contributed by atoms with Crippen molar-refractivity contribution in [1.82, 2.24) is 5.32 Å². The standard InChI is InChI=1S/C31H38FNO5/c1-7-15-31(16-8-2)20(3)27-28(37-30(5,6)36-27)29(38-31)35-25-13-12-22(14-17-33-21(4)34)26(19-25)23-10-9-11-24(32)18-23/h7-13,18-20,27-29H,1-2,14-17H2,3-6H3,(H,33,34)/t20-,27-,28-,29?/m1/s1. The van der Waals surface area contributed by atoms with Crippen molar-refractivity contribution < 1.29 is 28.1 Å². The van der Waals surface area contributed by atoms with Crippen LogP contribution in [0.15, 0.2) is 67.8 Å². The third-order valence-corrected chi connectivity index (χ3v) is 7.32. The summed E-state index contributed by atoms with van der Waals surface area (Å²) in [5.74, 6) is -0.645. The zero-order valence-corrected chi connectivity index (χ0v) is 22.7. The molecule has 2 aromatic carbocycles. The molecule has 1 unspecified atom stereocenters. The number of carbonyl (C=O) groups is 1. The second-order valence-electron chi connectivity index (χ2n) is 10.6. The van der Waals surface area contributed by atoms with Gasteiger partial charge in [0.1, 0.15) is 17.7 Å². The van der Waals surface area contributed by atoms with E-state index in [2.05, 4.69) is 25.4 Å². The van der Waals surface area contributed by atoms with Crippen LogP contribution < -0.4 is 10.1 Å². The number of nitrogens with one attached hydrogen (secondary N) is 1. The molecule has 0 aromatic heterocycles. The molecule has 4 atom stereocenters. The van der Waals surface area contributed by atoms with Crippen molar-refractivity contribution in [2.75, 3.05) is 6.54 Å². The van der Waals surface area contributed by atoms with Crippen molar-refractivity contribution in [3.05, 3.63) is 79.2 Å². The molecule has 0 radical (unpaired) electrons. The summed E-state index contributed by atoms with van der Waals surface area (Å²) in [7, 11) is 0. The highest BCUT2D eigenvalue weighted by Crippen LogP contribution is 2.48. The normalized spacial score (nSPS) is 25.3. The van der Waals surface area contributed by atoms with E-state index in [1.54, 1.807) is 6.07 Å². The summed E-state index contributed by atoms with van der Waals surface area (Å²) in [6.45, 7) is 15.8. The summed E-state index contributed by atoms with van der Waals surface area (Å²) in [6, 6.07) is 12.1. The SMILES string of the molecule is C=CCC1(CC=C)OC(Oc2ccc(CCNC(C)=O)c(-c3cccc(F)c3)c2)[C@@H]2OC(C)(C)O[C@@H]2[C@H]1C. The van der Waals surface area contributed by atoms with Crippen LogP contribution in [0.4, 0.5) is 4.39 Å². The molecule has 1 amide bonds. The van der Waals surface area contributed by atoms with E-state index in [-0.39, 0.29) is 23.7 Å². The van der Waals surface area contributed by atoms with Crippen molar-refractivity contribution in [3.8, 4) is 16.9 Å². The minimum atomic E-state index is -0.784. The first-order chi connectivity index (χ1) is 18.1. The highest BCUT2D eigenvalue weighted by molar-refractivity contribution is 5.73. The van der Waals surface area contributed by atoms with Crippen LogP contribution in [0.25, 0.3) is 11.1 Å². The van der Waals surface area contributed by atoms with Crippen LogP contribution in [0, 0.1) is 11.7 Å². The quantitative estimate of drug-likeness (QED) is 0.390. The van der Waals surface area contributed by atoms with Crippen molar-refractivity contribution in [1.29, 1.82) is 0 Å². The maximum Gasteiger partial charge on any atom is 0.229 e. The third-order valence-electron chi connectivity index (χ3n) is 7.32. The number of hydrogen-bond donors (Lipinski definition) is 1. The number of ether oxygens (including phenoxy) is 4. The van der Waals surface area contributed by atoms with Gasteiger partial charge in [0.15, 0.2) is 5.79 Å². The van der Waals surface area contributed by atoms with Gasteiger partial charge >= 0.3 is 0 Å². The number of benzene rings is 2. The molecule has 2 fully saturated rings. The van der Waals surface area contributed by atoms with E-state index in [0.717, 1.165) is 16.7 Å². The van der Waals surface area contributed by atoms with Crippen LogP contribution >= 0.6 is 0 Å². The Balaban J connectivity index is 1.69. The molecule has 2 aliphatic heterocycles. The maximum atomic E-state index is 14.1. The summed E-state index contributed by atoms with van der Waals surface area (Å²) in [5.41, 5.74) is 1.89. The van der Waals surface area contributed by atoms with Gasteiger partial charge in [0, 0.05) is 19.4 Å². The minimum absolute atomic E-state index is 0.00383. The van der Waals surface area contributed by atoms with Gasteiger partial charge in [-0.3, -0.25) is 4.79 Å². The average Bonchev–Trinajstić information content (AvgIpc) is 3.19. The smallest absolute Gasteiger partial charge is 0.229 e. The van der Waals surface area contributed by atoms with E-state index >= 15 is 0 Å². The Bertz CT molecular complexity index is 1170. The van der Waals surface area contributed by atoms with Gasteiger partial charge in [-0.15, -0.1) is 13.2 Å². The van der Waals surface area contributed by atoms with Crippen LogP contribution in [0.1, 0.15) is 46.1 Å². The number of fused-ring (bicyclic) bond motifs is 1. The number of hydrogen-bond acceptors (Lipinski definition) is 5. The summed E-state index contributed by atoms with van der Waals surface area (Å²) >= 11 is 0. The van der Waals surface area contributed by atoms with Gasteiger partial charge < -0.3 is 24.3 Å². The fourth-order valence-corrected chi connectivity index (χ4v) is 5.53. The van der Waals surface area contributed by atoms with Gasteiger partial charge in [0.2, 0.25) is 12.2 Å². The average molecular weight is 524 g/mol. The molecule has 2 aliphatic rings. The lowest BCUT2D eigenvalue weighted by Gasteiger charge is -2.49. The summed E-state index contributed by atoms with van der Waals surface area (Å²) in [4.78, 5) is 11.4. The summed E-state index contributed by atoms with van der Waals surface area (Å²) < 4.78 is 39.9. The Labute approximate surface area is 224 Å². The Hall–Kier alpha value is -3.00. The zero-order chi connectivity index (χ0) is 27.5. The van der Waals surface area contributed by atoms with Crippen molar-refractivity contribution >= 4 is 5.91 Å². The first-order valence-corrected chi connectivity index (χ1v) is 13.1. The molecule has 6 nitrogen and oxygen atoms in total. The van der Waals surface area contributed by atoms with E-state index in [4.69, 9.17) is 18.9 Å². The Morgan fingerprint density at radius 2 is 1.79 bits per heavy atom. The molecular formula is C31H38FNO5. The zero-order valence-electron chi connectivity index (χ0n) is 22.7. The first kappa shape index (κ1) is 28.0. The summed E-state index contributed by atoms with van der Waals surface area (Å²) in [6.07, 6.45) is 4.05. The molecule has 0 saturated carbocycles. The number of amides is 1. The van der Waals surface area contributed by atoms with Crippen LogP contribution in [-0.4, -0.2) is 42.3 Å². The topological polar surface area (TPSA) is 66.0 Å². The molecule has 0 bridgehead atoms. The molecule has 2 aromatic rings. The molecule has 2 heterocycles. The van der Waals surface area contributed by atoms with Crippen molar-refractivity contribution in [2.24, 2.45) is 5.92 Å². The molecule has 7 heteroatoms. The van der Waals surface area contributed by atoms with Crippen LogP contribution in [0.5, 0.6) is 5.75 Å². The molecule has 204 valence electrons. The number of halogens is 1. The molecule has 1 N–H and O–H groups in total. The van der Waals surface area contributed by atoms with E-state index in [9.17, 15) is 9.18 Å². The van der Waals surface area contributed by atoms with Crippen molar-refractivity contribution in [2.45, 2.75) is 76.8 Å². The lowest BCUT2D eigenvalue weighted by Crippen LogP contribution is -2.60. The van der Waals surface area contributed by atoms with Crippen LogP contribution in [0.3, 0.4) is 0 Å². The van der Waals surface area contributed by atoms with E-state index in [0.29, 0.717) is 31.6 Å². The predicted octanol–water partition coefficient (Wildman–Crippen LogP) is 5.95. The molecule has 0 spiro atoms. The molecule has 2 saturated heterocycles.